The number of nitrogens with zero attached hydrogens (tertiary/aromatic N) is 6. The first kappa shape index (κ1) is 19.2. The number of aromatic nitrogens is 6. The second kappa shape index (κ2) is 8.11. The fourth-order valence-electron chi connectivity index (χ4n) is 3.11. The Morgan fingerprint density at radius 2 is 1.63 bits per heavy atom. The van der Waals surface area contributed by atoms with Crippen LogP contribution in [-0.2, 0) is 9.47 Å². The topological polar surface area (TPSA) is 114 Å². The summed E-state index contributed by atoms with van der Waals surface area (Å²) in [7, 11) is 0. The van der Waals surface area contributed by atoms with Crippen molar-refractivity contribution in [2.75, 3.05) is 13.2 Å². The van der Waals surface area contributed by atoms with E-state index < -0.39 is 11.9 Å². The first-order valence-corrected chi connectivity index (χ1v) is 9.33. The zero-order valence-electron chi connectivity index (χ0n) is 16.3. The summed E-state index contributed by atoms with van der Waals surface area (Å²) in [6.45, 7) is 3.93. The molecule has 30 heavy (non-hydrogen) atoms. The van der Waals surface area contributed by atoms with Gasteiger partial charge < -0.3 is 9.47 Å². The van der Waals surface area contributed by atoms with Crippen molar-refractivity contribution in [3.05, 3.63) is 60.2 Å². The van der Waals surface area contributed by atoms with Gasteiger partial charge in [0, 0.05) is 5.39 Å². The highest BCUT2D eigenvalue weighted by molar-refractivity contribution is 5.98. The average molecular weight is 406 g/mol. The van der Waals surface area contributed by atoms with Crippen LogP contribution in [0.3, 0.4) is 0 Å². The molecule has 0 aliphatic carbocycles. The molecule has 0 unspecified atom stereocenters. The second-order valence-corrected chi connectivity index (χ2v) is 6.17. The fraction of sp³-hybridized carbons (Fsp3) is 0.200. The summed E-state index contributed by atoms with van der Waals surface area (Å²) in [5.41, 5.74) is 1.55. The van der Waals surface area contributed by atoms with Crippen molar-refractivity contribution in [1.29, 1.82) is 0 Å². The van der Waals surface area contributed by atoms with Gasteiger partial charge in [-0.1, -0.05) is 34.7 Å². The summed E-state index contributed by atoms with van der Waals surface area (Å²) in [6, 6.07) is 11.2. The summed E-state index contributed by atoms with van der Waals surface area (Å²) < 4.78 is 13.0. The van der Waals surface area contributed by atoms with Crippen LogP contribution in [0.4, 0.5) is 0 Å². The molecule has 0 N–H and O–H groups in total. The van der Waals surface area contributed by atoms with Gasteiger partial charge in [0.25, 0.3) is 0 Å². The van der Waals surface area contributed by atoms with Crippen LogP contribution in [0, 0.1) is 0 Å². The SMILES string of the molecule is CCOC(=O)c1cn(-c2cccc3cccc(-n4nncc4C(=O)OCC)c23)nn1. The van der Waals surface area contributed by atoms with Crippen molar-refractivity contribution in [3.8, 4) is 11.4 Å². The summed E-state index contributed by atoms with van der Waals surface area (Å²) in [5, 5.41) is 17.6. The monoisotopic (exact) mass is 406 g/mol. The first-order chi connectivity index (χ1) is 14.6. The van der Waals surface area contributed by atoms with Crippen molar-refractivity contribution in [1.82, 2.24) is 30.0 Å². The molecule has 0 aliphatic rings. The standard InChI is InChI=1S/C20H18N6O4/c1-3-29-19(27)14-12-25(24-22-14)15-9-5-7-13-8-6-10-16(18(13)15)26-17(11-21-23-26)20(28)30-4-2/h5-12H,3-4H2,1-2H3. The minimum atomic E-state index is -0.551. The van der Waals surface area contributed by atoms with E-state index in [2.05, 4.69) is 20.6 Å². The van der Waals surface area contributed by atoms with Crippen LogP contribution in [-0.4, -0.2) is 55.1 Å². The van der Waals surface area contributed by atoms with Crippen LogP contribution < -0.4 is 0 Å². The Balaban J connectivity index is 1.88. The van der Waals surface area contributed by atoms with Gasteiger partial charge in [0.05, 0.1) is 37.0 Å². The Kier molecular flexibility index (Phi) is 5.21. The number of hydrogen-bond donors (Lipinski definition) is 0. The molecule has 0 bridgehead atoms. The Morgan fingerprint density at radius 1 is 0.933 bits per heavy atom. The molecule has 0 aliphatic heterocycles. The largest absolute Gasteiger partial charge is 0.461 e. The molecule has 4 aromatic rings. The van der Waals surface area contributed by atoms with Gasteiger partial charge >= 0.3 is 11.9 Å². The van der Waals surface area contributed by atoms with Crippen LogP contribution in [0.1, 0.15) is 34.8 Å². The minimum Gasteiger partial charge on any atom is -0.461 e. The van der Waals surface area contributed by atoms with E-state index in [1.54, 1.807) is 13.8 Å². The van der Waals surface area contributed by atoms with E-state index in [0.29, 0.717) is 11.4 Å². The molecule has 0 atom stereocenters. The quantitative estimate of drug-likeness (QED) is 0.448. The van der Waals surface area contributed by atoms with Gasteiger partial charge in [-0.3, -0.25) is 0 Å². The van der Waals surface area contributed by atoms with Crippen molar-refractivity contribution < 1.29 is 19.1 Å². The lowest BCUT2D eigenvalue weighted by Crippen LogP contribution is -2.12. The molecule has 4 rings (SSSR count). The van der Waals surface area contributed by atoms with E-state index in [9.17, 15) is 9.59 Å². The second-order valence-electron chi connectivity index (χ2n) is 6.17. The molecule has 0 radical (unpaired) electrons. The molecule has 0 spiro atoms. The lowest BCUT2D eigenvalue weighted by Gasteiger charge is -2.12. The predicted octanol–water partition coefficient (Wildman–Crippen LogP) is 2.35. The average Bonchev–Trinajstić information content (AvgIpc) is 3.43. The van der Waals surface area contributed by atoms with Crippen molar-refractivity contribution in [2.24, 2.45) is 0 Å². The zero-order valence-corrected chi connectivity index (χ0v) is 16.3. The summed E-state index contributed by atoms with van der Waals surface area (Å²) >= 11 is 0. The minimum absolute atomic E-state index is 0.0966. The maximum absolute atomic E-state index is 12.3. The van der Waals surface area contributed by atoms with Crippen LogP contribution in [0.15, 0.2) is 48.8 Å². The van der Waals surface area contributed by atoms with E-state index in [4.69, 9.17) is 9.47 Å². The summed E-state index contributed by atoms with van der Waals surface area (Å²) in [5.74, 6) is -1.08. The lowest BCUT2D eigenvalue weighted by molar-refractivity contribution is 0.0508. The van der Waals surface area contributed by atoms with Gasteiger partial charge in [0.1, 0.15) is 0 Å². The normalized spacial score (nSPS) is 10.9. The Bertz CT molecular complexity index is 1220. The van der Waals surface area contributed by atoms with Gasteiger partial charge in [-0.15, -0.1) is 10.2 Å². The number of ether oxygens (including phenoxy) is 2. The molecule has 2 heterocycles. The first-order valence-electron chi connectivity index (χ1n) is 9.33. The van der Waals surface area contributed by atoms with Crippen LogP contribution in [0.25, 0.3) is 22.1 Å². The van der Waals surface area contributed by atoms with Gasteiger partial charge in [-0.2, -0.15) is 0 Å². The van der Waals surface area contributed by atoms with E-state index >= 15 is 0 Å². The third kappa shape index (κ3) is 3.39. The zero-order chi connectivity index (χ0) is 21.1. The fourth-order valence-corrected chi connectivity index (χ4v) is 3.11. The molecule has 152 valence electrons. The van der Waals surface area contributed by atoms with E-state index in [1.807, 2.05) is 36.4 Å². The predicted molar refractivity (Wildman–Crippen MR) is 106 cm³/mol. The maximum atomic E-state index is 12.3. The Labute approximate surface area is 171 Å². The number of esters is 2. The maximum Gasteiger partial charge on any atom is 0.360 e. The van der Waals surface area contributed by atoms with Crippen molar-refractivity contribution >= 4 is 22.7 Å². The Hall–Kier alpha value is -4.08. The number of fused-ring (bicyclic) bond motifs is 1. The molecule has 0 saturated carbocycles. The number of carbonyl (C=O) groups is 2. The smallest absolute Gasteiger partial charge is 0.360 e. The highest BCUT2D eigenvalue weighted by atomic mass is 16.5. The number of carbonyl (C=O) groups excluding carboxylic acids is 2. The molecule has 10 heteroatoms. The highest BCUT2D eigenvalue weighted by Gasteiger charge is 2.20. The number of rotatable bonds is 6. The molecule has 0 saturated heterocycles. The van der Waals surface area contributed by atoms with Crippen molar-refractivity contribution in [2.45, 2.75) is 13.8 Å². The number of hydrogen-bond acceptors (Lipinski definition) is 8. The Morgan fingerprint density at radius 3 is 2.37 bits per heavy atom. The number of benzene rings is 2. The van der Waals surface area contributed by atoms with Crippen molar-refractivity contribution in [3.63, 3.8) is 0 Å². The van der Waals surface area contributed by atoms with Crippen LogP contribution in [0.2, 0.25) is 0 Å². The van der Waals surface area contributed by atoms with Gasteiger partial charge in [0.2, 0.25) is 0 Å². The molecule has 2 aromatic carbocycles. The molecule has 0 amide bonds. The highest BCUT2D eigenvalue weighted by Crippen LogP contribution is 2.29. The van der Waals surface area contributed by atoms with Crippen LogP contribution >= 0.6 is 0 Å². The summed E-state index contributed by atoms with van der Waals surface area (Å²) in [6.07, 6.45) is 2.85. The molecular formula is C20H18N6O4. The molecule has 10 nitrogen and oxygen atoms in total. The lowest BCUT2D eigenvalue weighted by atomic mass is 10.1. The van der Waals surface area contributed by atoms with Crippen LogP contribution in [0.5, 0.6) is 0 Å². The summed E-state index contributed by atoms with van der Waals surface area (Å²) in [4.78, 5) is 24.3. The third-order valence-electron chi connectivity index (χ3n) is 4.35. The van der Waals surface area contributed by atoms with E-state index in [1.165, 1.54) is 21.8 Å². The van der Waals surface area contributed by atoms with Gasteiger partial charge in [-0.25, -0.2) is 19.0 Å². The molecule has 2 aromatic heterocycles. The molecule has 0 fully saturated rings. The van der Waals surface area contributed by atoms with Gasteiger partial charge in [0.15, 0.2) is 11.4 Å². The van der Waals surface area contributed by atoms with E-state index in [0.717, 1.165) is 10.8 Å². The van der Waals surface area contributed by atoms with E-state index in [-0.39, 0.29) is 24.6 Å². The van der Waals surface area contributed by atoms with Gasteiger partial charge in [-0.05, 0) is 31.4 Å². The third-order valence-corrected chi connectivity index (χ3v) is 4.35. The molecular weight excluding hydrogens is 388 g/mol.